The molecular weight excluding hydrogens is 214 g/mol. The molecule has 0 aliphatic heterocycles. The van der Waals surface area contributed by atoms with Crippen molar-refractivity contribution in [3.05, 3.63) is 12.7 Å². The molecule has 0 spiro atoms. The molecule has 0 fully saturated rings. The highest BCUT2D eigenvalue weighted by Gasteiger charge is 2.19. The summed E-state index contributed by atoms with van der Waals surface area (Å²) in [7, 11) is 1.79. The largest absolute Gasteiger partial charge is 0.444 e. The number of amides is 1. The maximum Gasteiger partial charge on any atom is 0.410 e. The summed E-state index contributed by atoms with van der Waals surface area (Å²) in [4.78, 5) is 13.3. The Morgan fingerprint density at radius 3 is 2.47 bits per heavy atom. The molecule has 3 heteroatoms. The van der Waals surface area contributed by atoms with Crippen LogP contribution in [0.3, 0.4) is 0 Å². The van der Waals surface area contributed by atoms with E-state index in [1.807, 2.05) is 26.8 Å². The molecule has 1 amide bonds. The minimum atomic E-state index is -0.417. The summed E-state index contributed by atoms with van der Waals surface area (Å²) in [5, 5.41) is 0. The van der Waals surface area contributed by atoms with Crippen LogP contribution in [0.2, 0.25) is 0 Å². The number of carbonyl (C=O) groups is 1. The second-order valence-electron chi connectivity index (χ2n) is 5.66. The predicted octanol–water partition coefficient (Wildman–Crippen LogP) is 3.85. The second kappa shape index (κ2) is 7.36. The average Bonchev–Trinajstić information content (AvgIpc) is 2.20. The van der Waals surface area contributed by atoms with Crippen molar-refractivity contribution in [1.29, 1.82) is 0 Å². The quantitative estimate of drug-likeness (QED) is 0.661. The smallest absolute Gasteiger partial charge is 0.410 e. The number of allylic oxidation sites excluding steroid dienone is 1. The summed E-state index contributed by atoms with van der Waals surface area (Å²) in [6.45, 7) is 12.3. The van der Waals surface area contributed by atoms with E-state index < -0.39 is 5.60 Å². The third-order valence-corrected chi connectivity index (χ3v) is 2.53. The van der Waals surface area contributed by atoms with E-state index in [4.69, 9.17) is 4.74 Å². The lowest BCUT2D eigenvalue weighted by Gasteiger charge is -2.25. The van der Waals surface area contributed by atoms with Crippen LogP contribution in [0.5, 0.6) is 0 Å². The van der Waals surface area contributed by atoms with Gasteiger partial charge in [-0.3, -0.25) is 0 Å². The molecule has 100 valence electrons. The summed E-state index contributed by atoms with van der Waals surface area (Å²) < 4.78 is 5.28. The van der Waals surface area contributed by atoms with Crippen LogP contribution in [0.4, 0.5) is 4.79 Å². The van der Waals surface area contributed by atoms with E-state index >= 15 is 0 Å². The average molecular weight is 241 g/mol. The van der Waals surface area contributed by atoms with Crippen LogP contribution in [-0.2, 0) is 4.74 Å². The van der Waals surface area contributed by atoms with Crippen molar-refractivity contribution in [3.63, 3.8) is 0 Å². The van der Waals surface area contributed by atoms with Crippen molar-refractivity contribution in [2.75, 3.05) is 13.6 Å². The Bertz CT molecular complexity index is 243. The van der Waals surface area contributed by atoms with Crippen LogP contribution < -0.4 is 0 Å². The lowest BCUT2D eigenvalue weighted by Crippen LogP contribution is -2.35. The third-order valence-electron chi connectivity index (χ3n) is 2.53. The molecule has 0 aliphatic rings. The Labute approximate surface area is 106 Å². The highest BCUT2D eigenvalue weighted by molar-refractivity contribution is 5.67. The standard InChI is InChI=1S/C14H27NO2/c1-7-8-9-12(2)10-11-15(6)13(16)17-14(3,4)5/h7,12H,1,8-11H2,2-6H3. The molecular formula is C14H27NO2. The summed E-state index contributed by atoms with van der Waals surface area (Å²) in [6.07, 6.45) is 4.87. The fraction of sp³-hybridized carbons (Fsp3) is 0.786. The molecule has 0 aliphatic carbocycles. The normalized spacial score (nSPS) is 13.0. The maximum absolute atomic E-state index is 11.7. The van der Waals surface area contributed by atoms with E-state index in [1.165, 1.54) is 0 Å². The molecule has 0 aromatic carbocycles. The monoisotopic (exact) mass is 241 g/mol. The van der Waals surface area contributed by atoms with Crippen molar-refractivity contribution >= 4 is 6.09 Å². The maximum atomic E-state index is 11.7. The zero-order valence-electron chi connectivity index (χ0n) is 12.0. The Morgan fingerprint density at radius 1 is 1.41 bits per heavy atom. The lowest BCUT2D eigenvalue weighted by atomic mass is 10.0. The van der Waals surface area contributed by atoms with Crippen molar-refractivity contribution in [1.82, 2.24) is 4.90 Å². The first kappa shape index (κ1) is 16.0. The van der Waals surface area contributed by atoms with Crippen molar-refractivity contribution in [2.45, 2.75) is 52.6 Å². The molecule has 0 aromatic heterocycles. The Kier molecular flexibility index (Phi) is 6.93. The van der Waals surface area contributed by atoms with Crippen LogP contribution in [0.25, 0.3) is 0 Å². The predicted molar refractivity (Wildman–Crippen MR) is 72.1 cm³/mol. The minimum absolute atomic E-state index is 0.242. The van der Waals surface area contributed by atoms with Crippen molar-refractivity contribution < 1.29 is 9.53 Å². The molecule has 0 rings (SSSR count). The van der Waals surface area contributed by atoms with Crippen LogP contribution >= 0.6 is 0 Å². The zero-order chi connectivity index (χ0) is 13.5. The number of hydrogen-bond acceptors (Lipinski definition) is 2. The first-order valence-electron chi connectivity index (χ1n) is 6.31. The van der Waals surface area contributed by atoms with Gasteiger partial charge in [-0.2, -0.15) is 0 Å². The van der Waals surface area contributed by atoms with Gasteiger partial charge in [0.25, 0.3) is 0 Å². The first-order valence-corrected chi connectivity index (χ1v) is 6.31. The van der Waals surface area contributed by atoms with Gasteiger partial charge in [-0.15, -0.1) is 6.58 Å². The lowest BCUT2D eigenvalue weighted by molar-refractivity contribution is 0.0291. The molecule has 17 heavy (non-hydrogen) atoms. The van der Waals surface area contributed by atoms with Gasteiger partial charge in [0.05, 0.1) is 0 Å². The number of carbonyl (C=O) groups excluding carboxylic acids is 1. The van der Waals surface area contributed by atoms with Gasteiger partial charge in [0.15, 0.2) is 0 Å². The Balaban J connectivity index is 3.88. The van der Waals surface area contributed by atoms with Crippen LogP contribution in [-0.4, -0.2) is 30.2 Å². The highest BCUT2D eigenvalue weighted by atomic mass is 16.6. The Hall–Kier alpha value is -0.990. The van der Waals surface area contributed by atoms with Crippen LogP contribution in [0.15, 0.2) is 12.7 Å². The van der Waals surface area contributed by atoms with E-state index in [-0.39, 0.29) is 6.09 Å². The number of nitrogens with zero attached hydrogens (tertiary/aromatic N) is 1. The van der Waals surface area contributed by atoms with Gasteiger partial charge in [0, 0.05) is 13.6 Å². The molecule has 1 unspecified atom stereocenters. The minimum Gasteiger partial charge on any atom is -0.444 e. The van der Waals surface area contributed by atoms with Crippen molar-refractivity contribution in [2.24, 2.45) is 5.92 Å². The fourth-order valence-corrected chi connectivity index (χ4v) is 1.39. The molecule has 0 aromatic rings. The summed E-state index contributed by atoms with van der Waals surface area (Å²) >= 11 is 0. The topological polar surface area (TPSA) is 29.5 Å². The van der Waals surface area contributed by atoms with Crippen LogP contribution in [0.1, 0.15) is 47.0 Å². The molecule has 0 radical (unpaired) electrons. The highest BCUT2D eigenvalue weighted by Crippen LogP contribution is 2.13. The van der Waals surface area contributed by atoms with E-state index in [9.17, 15) is 4.79 Å². The zero-order valence-corrected chi connectivity index (χ0v) is 12.0. The number of hydrogen-bond donors (Lipinski definition) is 0. The van der Waals surface area contributed by atoms with Gasteiger partial charge < -0.3 is 9.64 Å². The summed E-state index contributed by atoms with van der Waals surface area (Å²) in [5.74, 6) is 0.609. The van der Waals surface area contributed by atoms with Gasteiger partial charge in [0.1, 0.15) is 5.60 Å². The van der Waals surface area contributed by atoms with Gasteiger partial charge in [-0.1, -0.05) is 13.0 Å². The van der Waals surface area contributed by atoms with Crippen LogP contribution in [0, 0.1) is 5.92 Å². The first-order chi connectivity index (χ1) is 7.76. The van der Waals surface area contributed by atoms with E-state index in [2.05, 4.69) is 13.5 Å². The summed E-state index contributed by atoms with van der Waals surface area (Å²) in [6, 6.07) is 0. The fourth-order valence-electron chi connectivity index (χ4n) is 1.39. The summed E-state index contributed by atoms with van der Waals surface area (Å²) in [5.41, 5.74) is -0.417. The van der Waals surface area contributed by atoms with Gasteiger partial charge >= 0.3 is 6.09 Å². The third kappa shape index (κ3) is 8.78. The van der Waals surface area contributed by atoms with Gasteiger partial charge in [-0.05, 0) is 46.0 Å². The van der Waals surface area contributed by atoms with Gasteiger partial charge in [0.2, 0.25) is 0 Å². The molecule has 0 N–H and O–H groups in total. The second-order valence-corrected chi connectivity index (χ2v) is 5.66. The molecule has 0 heterocycles. The SMILES string of the molecule is C=CCCC(C)CCN(C)C(=O)OC(C)(C)C. The molecule has 0 bridgehead atoms. The molecule has 1 atom stereocenters. The molecule has 0 saturated heterocycles. The molecule has 3 nitrogen and oxygen atoms in total. The van der Waals surface area contributed by atoms with E-state index in [0.717, 1.165) is 25.8 Å². The van der Waals surface area contributed by atoms with E-state index in [0.29, 0.717) is 5.92 Å². The number of rotatable bonds is 6. The molecule has 0 saturated carbocycles. The Morgan fingerprint density at radius 2 is 2.00 bits per heavy atom. The van der Waals surface area contributed by atoms with E-state index in [1.54, 1.807) is 11.9 Å². The number of ether oxygens (including phenoxy) is 1. The van der Waals surface area contributed by atoms with Gasteiger partial charge in [-0.25, -0.2) is 4.79 Å². The van der Waals surface area contributed by atoms with Crippen molar-refractivity contribution in [3.8, 4) is 0 Å².